The van der Waals surface area contributed by atoms with Crippen LogP contribution in [0.1, 0.15) is 49.1 Å². The summed E-state index contributed by atoms with van der Waals surface area (Å²) in [5.74, 6) is 0. The van der Waals surface area contributed by atoms with Crippen molar-refractivity contribution in [2.75, 3.05) is 0 Å². The van der Waals surface area contributed by atoms with Crippen molar-refractivity contribution in [3.63, 3.8) is 0 Å². The molecule has 0 aliphatic carbocycles. The topological polar surface area (TPSA) is 26.0 Å². The fourth-order valence-corrected chi connectivity index (χ4v) is 1.78. The Labute approximate surface area is 93.7 Å². The minimum atomic E-state index is 0.108. The van der Waals surface area contributed by atoms with Crippen LogP contribution in [0.5, 0.6) is 0 Å². The first-order valence-electron chi connectivity index (χ1n) is 5.57. The van der Waals surface area contributed by atoms with Crippen molar-refractivity contribution < 1.29 is 0 Å². The summed E-state index contributed by atoms with van der Waals surface area (Å²) in [4.78, 5) is 0. The summed E-state index contributed by atoms with van der Waals surface area (Å²) < 4.78 is 0. The van der Waals surface area contributed by atoms with Gasteiger partial charge in [-0.1, -0.05) is 32.9 Å². The molecule has 0 radical (unpaired) electrons. The fraction of sp³-hybridized carbons (Fsp3) is 0.571. The van der Waals surface area contributed by atoms with Gasteiger partial charge in [-0.25, -0.2) is 0 Å². The van der Waals surface area contributed by atoms with Gasteiger partial charge < -0.3 is 5.73 Å². The van der Waals surface area contributed by atoms with E-state index < -0.39 is 0 Å². The molecule has 0 heterocycles. The van der Waals surface area contributed by atoms with E-state index in [1.807, 2.05) is 0 Å². The van der Waals surface area contributed by atoms with E-state index in [0.29, 0.717) is 0 Å². The molecule has 0 fully saturated rings. The third kappa shape index (κ3) is 2.60. The lowest BCUT2D eigenvalue weighted by Crippen LogP contribution is -2.27. The molecule has 0 aliphatic heterocycles. The molecular weight excluding hydrogens is 182 g/mol. The molecule has 2 N–H and O–H groups in total. The Bertz CT molecular complexity index is 358. The highest BCUT2D eigenvalue weighted by Crippen LogP contribution is 2.33. The van der Waals surface area contributed by atoms with Gasteiger partial charge in [0.1, 0.15) is 0 Å². The van der Waals surface area contributed by atoms with Gasteiger partial charge in [0.15, 0.2) is 0 Å². The minimum Gasteiger partial charge on any atom is -0.324 e. The zero-order valence-corrected chi connectivity index (χ0v) is 10.8. The van der Waals surface area contributed by atoms with E-state index in [4.69, 9.17) is 5.73 Å². The fourth-order valence-electron chi connectivity index (χ4n) is 1.78. The van der Waals surface area contributed by atoms with Gasteiger partial charge in [0.05, 0.1) is 0 Å². The lowest BCUT2D eigenvalue weighted by Gasteiger charge is -2.29. The van der Waals surface area contributed by atoms with Gasteiger partial charge in [-0.05, 0) is 48.4 Å². The van der Waals surface area contributed by atoms with E-state index in [1.165, 1.54) is 22.3 Å². The van der Waals surface area contributed by atoms with Gasteiger partial charge in [0.2, 0.25) is 0 Å². The van der Waals surface area contributed by atoms with Crippen LogP contribution >= 0.6 is 0 Å². The molecule has 1 rings (SSSR count). The SMILES string of the molecule is Cc1cc(C)c(C(N)C(C)(C)C)cc1C. The molecule has 1 aromatic rings. The van der Waals surface area contributed by atoms with Gasteiger partial charge in [-0.2, -0.15) is 0 Å². The second-order valence-electron chi connectivity index (χ2n) is 5.64. The Kier molecular flexibility index (Phi) is 3.25. The van der Waals surface area contributed by atoms with E-state index >= 15 is 0 Å². The number of rotatable bonds is 1. The van der Waals surface area contributed by atoms with E-state index in [1.54, 1.807) is 0 Å². The van der Waals surface area contributed by atoms with Crippen LogP contribution in [-0.2, 0) is 0 Å². The largest absolute Gasteiger partial charge is 0.324 e. The molecule has 0 amide bonds. The Morgan fingerprint density at radius 2 is 1.40 bits per heavy atom. The highest BCUT2D eigenvalue weighted by atomic mass is 14.7. The third-order valence-corrected chi connectivity index (χ3v) is 3.15. The van der Waals surface area contributed by atoms with E-state index in [0.717, 1.165) is 0 Å². The molecule has 0 aromatic heterocycles. The average molecular weight is 205 g/mol. The lowest BCUT2D eigenvalue weighted by atomic mass is 9.80. The monoisotopic (exact) mass is 205 g/mol. The summed E-state index contributed by atoms with van der Waals surface area (Å²) in [6, 6.07) is 4.58. The first-order valence-corrected chi connectivity index (χ1v) is 5.57. The van der Waals surface area contributed by atoms with Crippen LogP contribution in [0, 0.1) is 26.2 Å². The minimum absolute atomic E-state index is 0.108. The standard InChI is InChI=1S/C14H23N/c1-9-7-11(3)12(8-10(9)2)13(15)14(4,5)6/h7-8,13H,15H2,1-6H3. The summed E-state index contributed by atoms with van der Waals surface area (Å²) in [5.41, 5.74) is 11.7. The number of benzene rings is 1. The molecule has 1 heteroatoms. The molecule has 15 heavy (non-hydrogen) atoms. The van der Waals surface area contributed by atoms with Crippen molar-refractivity contribution in [2.24, 2.45) is 11.1 Å². The van der Waals surface area contributed by atoms with Gasteiger partial charge in [0, 0.05) is 6.04 Å². The predicted octanol–water partition coefficient (Wildman–Crippen LogP) is 3.66. The highest BCUT2D eigenvalue weighted by molar-refractivity contribution is 5.38. The van der Waals surface area contributed by atoms with Crippen LogP contribution in [0.15, 0.2) is 12.1 Å². The number of aryl methyl sites for hydroxylation is 3. The molecule has 0 saturated heterocycles. The Morgan fingerprint density at radius 1 is 0.933 bits per heavy atom. The Hall–Kier alpha value is -0.820. The molecule has 1 nitrogen and oxygen atoms in total. The first-order chi connectivity index (χ1) is 6.73. The maximum Gasteiger partial charge on any atom is 0.0346 e. The second kappa shape index (κ2) is 3.97. The zero-order chi connectivity index (χ0) is 11.8. The van der Waals surface area contributed by atoms with Gasteiger partial charge in [-0.15, -0.1) is 0 Å². The third-order valence-electron chi connectivity index (χ3n) is 3.15. The first kappa shape index (κ1) is 12.3. The van der Waals surface area contributed by atoms with Crippen LogP contribution < -0.4 is 5.73 Å². The zero-order valence-electron chi connectivity index (χ0n) is 10.8. The maximum atomic E-state index is 6.29. The van der Waals surface area contributed by atoms with Crippen molar-refractivity contribution in [2.45, 2.75) is 47.6 Å². The van der Waals surface area contributed by atoms with Gasteiger partial charge in [0.25, 0.3) is 0 Å². The van der Waals surface area contributed by atoms with Crippen LogP contribution in [0.4, 0.5) is 0 Å². The molecule has 0 saturated carbocycles. The van der Waals surface area contributed by atoms with Crippen LogP contribution in [0.3, 0.4) is 0 Å². The van der Waals surface area contributed by atoms with E-state index in [-0.39, 0.29) is 11.5 Å². The average Bonchev–Trinajstić information content (AvgIpc) is 2.08. The summed E-state index contributed by atoms with van der Waals surface area (Å²) in [6.45, 7) is 13.0. The van der Waals surface area contributed by atoms with Crippen molar-refractivity contribution in [1.29, 1.82) is 0 Å². The predicted molar refractivity (Wildman–Crippen MR) is 67.0 cm³/mol. The van der Waals surface area contributed by atoms with Crippen LogP contribution in [0.2, 0.25) is 0 Å². The van der Waals surface area contributed by atoms with Crippen LogP contribution in [0.25, 0.3) is 0 Å². The molecular formula is C14H23N. The van der Waals surface area contributed by atoms with E-state index in [9.17, 15) is 0 Å². The molecule has 0 spiro atoms. The molecule has 1 aromatic carbocycles. The summed E-state index contributed by atoms with van der Waals surface area (Å²) in [5, 5.41) is 0. The molecule has 1 atom stereocenters. The summed E-state index contributed by atoms with van der Waals surface area (Å²) >= 11 is 0. The lowest BCUT2D eigenvalue weighted by molar-refractivity contribution is 0.326. The molecule has 84 valence electrons. The highest BCUT2D eigenvalue weighted by Gasteiger charge is 2.23. The van der Waals surface area contributed by atoms with Crippen molar-refractivity contribution in [3.05, 3.63) is 34.4 Å². The maximum absolute atomic E-state index is 6.29. The van der Waals surface area contributed by atoms with Crippen molar-refractivity contribution >= 4 is 0 Å². The van der Waals surface area contributed by atoms with Crippen LogP contribution in [-0.4, -0.2) is 0 Å². The quantitative estimate of drug-likeness (QED) is 0.744. The summed E-state index contributed by atoms with van der Waals surface area (Å²) in [6.07, 6.45) is 0. The molecule has 0 bridgehead atoms. The number of hydrogen-bond acceptors (Lipinski definition) is 1. The second-order valence-corrected chi connectivity index (χ2v) is 5.64. The Morgan fingerprint density at radius 3 is 1.87 bits per heavy atom. The normalized spacial score (nSPS) is 14.1. The van der Waals surface area contributed by atoms with Gasteiger partial charge >= 0.3 is 0 Å². The van der Waals surface area contributed by atoms with Crippen molar-refractivity contribution in [1.82, 2.24) is 0 Å². The summed E-state index contributed by atoms with van der Waals surface area (Å²) in [7, 11) is 0. The number of hydrogen-bond donors (Lipinski definition) is 1. The smallest absolute Gasteiger partial charge is 0.0346 e. The van der Waals surface area contributed by atoms with Crippen molar-refractivity contribution in [3.8, 4) is 0 Å². The Balaban J connectivity index is 3.21. The van der Waals surface area contributed by atoms with Gasteiger partial charge in [-0.3, -0.25) is 0 Å². The van der Waals surface area contributed by atoms with E-state index in [2.05, 4.69) is 53.7 Å². The molecule has 1 unspecified atom stereocenters. The number of nitrogens with two attached hydrogens (primary N) is 1. The molecule has 0 aliphatic rings.